The van der Waals surface area contributed by atoms with Crippen molar-refractivity contribution in [2.45, 2.75) is 19.9 Å². The second-order valence-electron chi connectivity index (χ2n) is 3.91. The Morgan fingerprint density at radius 1 is 1.16 bits per heavy atom. The summed E-state index contributed by atoms with van der Waals surface area (Å²) in [4.78, 5) is 37.8. The topological polar surface area (TPSA) is 100 Å². The zero-order valence-corrected chi connectivity index (χ0v) is 11.1. The molecule has 0 saturated carbocycles. The summed E-state index contributed by atoms with van der Waals surface area (Å²) in [5.74, 6) is -2.39. The molecule has 0 radical (unpaired) electrons. The molecule has 3 amide bonds. The summed E-state index contributed by atoms with van der Waals surface area (Å²) >= 11 is 5.57. The van der Waals surface area contributed by atoms with E-state index in [-0.39, 0.29) is 16.8 Å². The van der Waals surface area contributed by atoms with Crippen LogP contribution in [0.15, 0.2) is 18.3 Å². The van der Waals surface area contributed by atoms with Crippen molar-refractivity contribution in [1.82, 2.24) is 21.2 Å². The average molecular weight is 285 g/mol. The molecule has 1 heterocycles. The third-order valence-electron chi connectivity index (χ3n) is 1.91. The van der Waals surface area contributed by atoms with Crippen molar-refractivity contribution < 1.29 is 14.4 Å². The Hall–Kier alpha value is -2.15. The number of halogens is 1. The van der Waals surface area contributed by atoms with Crippen molar-refractivity contribution in [3.05, 3.63) is 29.0 Å². The monoisotopic (exact) mass is 284 g/mol. The number of hydrogen-bond donors (Lipinski definition) is 3. The highest BCUT2D eigenvalue weighted by Gasteiger charge is 2.15. The normalized spacial score (nSPS) is 9.89. The number of amides is 3. The minimum absolute atomic E-state index is 0.172. The van der Waals surface area contributed by atoms with Gasteiger partial charge in [0.1, 0.15) is 5.15 Å². The van der Waals surface area contributed by atoms with Crippen LogP contribution in [0.25, 0.3) is 0 Å². The van der Waals surface area contributed by atoms with Gasteiger partial charge in [-0.1, -0.05) is 11.6 Å². The molecular formula is C11H13ClN4O3. The fourth-order valence-corrected chi connectivity index (χ4v) is 1.19. The minimum atomic E-state index is -0.955. The van der Waals surface area contributed by atoms with Crippen LogP contribution in [0, 0.1) is 0 Å². The van der Waals surface area contributed by atoms with E-state index in [2.05, 4.69) is 15.7 Å². The fourth-order valence-electron chi connectivity index (χ4n) is 1.08. The smallest absolute Gasteiger partial charge is 0.327 e. The van der Waals surface area contributed by atoms with Crippen LogP contribution in [0.3, 0.4) is 0 Å². The third-order valence-corrected chi connectivity index (χ3v) is 2.13. The molecule has 0 unspecified atom stereocenters. The van der Waals surface area contributed by atoms with Gasteiger partial charge in [0.05, 0.1) is 5.56 Å². The van der Waals surface area contributed by atoms with Gasteiger partial charge in [-0.3, -0.25) is 25.2 Å². The van der Waals surface area contributed by atoms with Crippen LogP contribution in [-0.2, 0) is 9.59 Å². The Morgan fingerprint density at radius 3 is 2.37 bits per heavy atom. The van der Waals surface area contributed by atoms with Crippen LogP contribution >= 0.6 is 11.6 Å². The first-order valence-corrected chi connectivity index (χ1v) is 5.80. The van der Waals surface area contributed by atoms with Gasteiger partial charge in [0.15, 0.2) is 0 Å². The van der Waals surface area contributed by atoms with Gasteiger partial charge in [0, 0.05) is 12.2 Å². The molecule has 7 nitrogen and oxygen atoms in total. The van der Waals surface area contributed by atoms with Gasteiger partial charge < -0.3 is 5.32 Å². The van der Waals surface area contributed by atoms with Crippen molar-refractivity contribution in [2.75, 3.05) is 0 Å². The second kappa shape index (κ2) is 6.69. The van der Waals surface area contributed by atoms with E-state index in [0.717, 1.165) is 0 Å². The zero-order chi connectivity index (χ0) is 14.4. The van der Waals surface area contributed by atoms with E-state index in [0.29, 0.717) is 0 Å². The third kappa shape index (κ3) is 4.92. The van der Waals surface area contributed by atoms with Crippen molar-refractivity contribution >= 4 is 29.3 Å². The molecule has 3 N–H and O–H groups in total. The summed E-state index contributed by atoms with van der Waals surface area (Å²) in [6.45, 7) is 3.42. The molecule has 0 spiro atoms. The summed E-state index contributed by atoms with van der Waals surface area (Å²) in [5, 5.41) is 2.63. The van der Waals surface area contributed by atoms with Gasteiger partial charge in [-0.15, -0.1) is 0 Å². The van der Waals surface area contributed by atoms with Crippen LogP contribution in [0.1, 0.15) is 24.2 Å². The zero-order valence-electron chi connectivity index (χ0n) is 10.4. The molecule has 0 aliphatic heterocycles. The lowest BCUT2D eigenvalue weighted by Crippen LogP contribution is -2.49. The average Bonchev–Trinajstić information content (AvgIpc) is 2.35. The molecule has 19 heavy (non-hydrogen) atoms. The van der Waals surface area contributed by atoms with Gasteiger partial charge in [0.25, 0.3) is 5.91 Å². The highest BCUT2D eigenvalue weighted by atomic mass is 35.5. The predicted molar refractivity (Wildman–Crippen MR) is 68.1 cm³/mol. The maximum Gasteiger partial charge on any atom is 0.327 e. The number of nitrogens with one attached hydrogen (secondary N) is 3. The first kappa shape index (κ1) is 14.9. The minimum Gasteiger partial charge on any atom is -0.346 e. The standard InChI is InChI=1S/C11H13ClN4O3/c1-6(2)14-10(18)11(19)16-15-9(17)7-3-4-8(12)13-5-7/h3-6H,1-2H3,(H,14,18)(H,15,17)(H,16,19). The largest absolute Gasteiger partial charge is 0.346 e. The van der Waals surface area contributed by atoms with Gasteiger partial charge in [-0.05, 0) is 26.0 Å². The molecule has 0 fully saturated rings. The summed E-state index contributed by atoms with van der Waals surface area (Å²) in [5.41, 5.74) is 4.28. The number of nitrogens with zero attached hydrogens (tertiary/aromatic N) is 1. The van der Waals surface area contributed by atoms with Gasteiger partial charge in [0.2, 0.25) is 0 Å². The second-order valence-corrected chi connectivity index (χ2v) is 4.29. The van der Waals surface area contributed by atoms with Crippen LogP contribution < -0.4 is 16.2 Å². The number of hydrazine groups is 1. The molecule has 0 saturated heterocycles. The van der Waals surface area contributed by atoms with E-state index in [4.69, 9.17) is 11.6 Å². The number of carbonyl (C=O) groups excluding carboxylic acids is 3. The Labute approximate surface area is 114 Å². The lowest BCUT2D eigenvalue weighted by molar-refractivity contribution is -0.139. The quantitative estimate of drug-likeness (QED) is 0.405. The van der Waals surface area contributed by atoms with Crippen molar-refractivity contribution in [2.24, 2.45) is 0 Å². The van der Waals surface area contributed by atoms with Crippen molar-refractivity contribution in [3.63, 3.8) is 0 Å². The molecule has 0 aliphatic carbocycles. The van der Waals surface area contributed by atoms with E-state index in [1.807, 2.05) is 5.43 Å². The van der Waals surface area contributed by atoms with Gasteiger partial charge in [-0.25, -0.2) is 4.98 Å². The molecule has 1 aromatic rings. The SMILES string of the molecule is CC(C)NC(=O)C(=O)NNC(=O)c1ccc(Cl)nc1. The maximum atomic E-state index is 11.6. The molecule has 0 aromatic carbocycles. The molecular weight excluding hydrogens is 272 g/mol. The number of aromatic nitrogens is 1. The van der Waals surface area contributed by atoms with Crippen molar-refractivity contribution in [3.8, 4) is 0 Å². The van der Waals surface area contributed by atoms with Crippen LogP contribution in [0.5, 0.6) is 0 Å². The van der Waals surface area contributed by atoms with Crippen LogP contribution in [0.4, 0.5) is 0 Å². The Morgan fingerprint density at radius 2 is 1.84 bits per heavy atom. The molecule has 0 atom stereocenters. The Balaban J connectivity index is 2.48. The molecule has 102 valence electrons. The highest BCUT2D eigenvalue weighted by molar-refractivity contribution is 6.35. The molecule has 1 aromatic heterocycles. The molecule has 1 rings (SSSR count). The number of pyridine rings is 1. The maximum absolute atomic E-state index is 11.6. The van der Waals surface area contributed by atoms with Crippen LogP contribution in [0.2, 0.25) is 5.15 Å². The summed E-state index contributed by atoms with van der Waals surface area (Å²) < 4.78 is 0. The molecule has 8 heteroatoms. The highest BCUT2D eigenvalue weighted by Crippen LogP contribution is 2.04. The Kier molecular flexibility index (Phi) is 5.25. The first-order valence-electron chi connectivity index (χ1n) is 5.43. The summed E-state index contributed by atoms with van der Waals surface area (Å²) in [7, 11) is 0. The number of carbonyl (C=O) groups is 3. The predicted octanol–water partition coefficient (Wildman–Crippen LogP) is 0.0206. The van der Waals surface area contributed by atoms with E-state index in [9.17, 15) is 14.4 Å². The molecule has 0 bridgehead atoms. The summed E-state index contributed by atoms with van der Waals surface area (Å²) in [6, 6.07) is 2.70. The lowest BCUT2D eigenvalue weighted by atomic mass is 10.3. The summed E-state index contributed by atoms with van der Waals surface area (Å²) in [6.07, 6.45) is 1.25. The van der Waals surface area contributed by atoms with E-state index < -0.39 is 17.7 Å². The fraction of sp³-hybridized carbons (Fsp3) is 0.273. The molecule has 0 aliphatic rings. The van der Waals surface area contributed by atoms with E-state index >= 15 is 0 Å². The van der Waals surface area contributed by atoms with Crippen molar-refractivity contribution in [1.29, 1.82) is 0 Å². The Bertz CT molecular complexity index is 487. The van der Waals surface area contributed by atoms with Gasteiger partial charge >= 0.3 is 11.8 Å². The van der Waals surface area contributed by atoms with E-state index in [1.54, 1.807) is 13.8 Å². The number of hydrogen-bond acceptors (Lipinski definition) is 4. The van der Waals surface area contributed by atoms with Gasteiger partial charge in [-0.2, -0.15) is 0 Å². The van der Waals surface area contributed by atoms with Crippen LogP contribution in [-0.4, -0.2) is 28.7 Å². The number of rotatable bonds is 2. The van der Waals surface area contributed by atoms with E-state index in [1.165, 1.54) is 18.3 Å². The lowest BCUT2D eigenvalue weighted by Gasteiger charge is -2.09. The first-order chi connectivity index (χ1) is 8.90.